The van der Waals surface area contributed by atoms with Crippen molar-refractivity contribution >= 4 is 16.1 Å². The highest BCUT2D eigenvalue weighted by Crippen LogP contribution is 2.31. The molecule has 19 heavy (non-hydrogen) atoms. The summed E-state index contributed by atoms with van der Waals surface area (Å²) in [6.45, 7) is 0. The van der Waals surface area contributed by atoms with Crippen molar-refractivity contribution in [1.29, 1.82) is 0 Å². The van der Waals surface area contributed by atoms with E-state index in [1.165, 1.54) is 0 Å². The predicted molar refractivity (Wildman–Crippen MR) is 58.7 cm³/mol. The summed E-state index contributed by atoms with van der Waals surface area (Å²) in [5.74, 6) is -1.81. The van der Waals surface area contributed by atoms with Crippen LogP contribution in [0.4, 0.5) is 13.2 Å². The number of rotatable bonds is 5. The van der Waals surface area contributed by atoms with Gasteiger partial charge in [0.25, 0.3) is 0 Å². The molecule has 0 bridgehead atoms. The van der Waals surface area contributed by atoms with Gasteiger partial charge in [-0.2, -0.15) is 21.6 Å². The molecule has 0 aromatic heterocycles. The molecule has 1 N–H and O–H groups in total. The molecule has 1 aliphatic carbocycles. The summed E-state index contributed by atoms with van der Waals surface area (Å²) in [5, 5.41) is 8.78. The smallest absolute Gasteiger partial charge is 0.479 e. The minimum atomic E-state index is -5.87. The maximum atomic E-state index is 12.1. The van der Waals surface area contributed by atoms with Gasteiger partial charge in [-0.05, 0) is 12.3 Å². The first-order valence-electron chi connectivity index (χ1n) is 5.86. The number of carboxylic acids is 1. The average Bonchev–Trinajstić information content (AvgIpc) is 2.27. The molecule has 9 heteroatoms. The first-order chi connectivity index (χ1) is 8.63. The first-order valence-corrected chi connectivity index (χ1v) is 7.26. The molecule has 0 aromatic rings. The van der Waals surface area contributed by atoms with E-state index >= 15 is 0 Å². The first kappa shape index (κ1) is 16.2. The van der Waals surface area contributed by atoms with Crippen LogP contribution in [0.5, 0.6) is 0 Å². The lowest BCUT2D eigenvalue weighted by Gasteiger charge is -2.24. The number of alkyl halides is 3. The molecular formula is C10H15F3O5S. The van der Waals surface area contributed by atoms with Crippen molar-refractivity contribution < 1.29 is 35.7 Å². The lowest BCUT2D eigenvalue weighted by molar-refractivity contribution is -0.146. The molecule has 5 nitrogen and oxygen atoms in total. The van der Waals surface area contributed by atoms with Crippen molar-refractivity contribution in [2.45, 2.75) is 50.1 Å². The van der Waals surface area contributed by atoms with Crippen molar-refractivity contribution in [3.63, 3.8) is 0 Å². The van der Waals surface area contributed by atoms with Gasteiger partial charge >= 0.3 is 21.6 Å². The van der Waals surface area contributed by atoms with Crippen LogP contribution in [-0.4, -0.2) is 31.1 Å². The lowest BCUT2D eigenvalue weighted by atomic mass is 9.85. The van der Waals surface area contributed by atoms with Crippen LogP contribution >= 0.6 is 0 Å². The Morgan fingerprint density at radius 2 is 1.79 bits per heavy atom. The monoisotopic (exact) mass is 304 g/mol. The molecule has 1 saturated carbocycles. The van der Waals surface area contributed by atoms with E-state index in [9.17, 15) is 26.4 Å². The van der Waals surface area contributed by atoms with Gasteiger partial charge in [-0.1, -0.05) is 32.1 Å². The van der Waals surface area contributed by atoms with Crippen molar-refractivity contribution in [1.82, 2.24) is 0 Å². The minimum absolute atomic E-state index is 0.113. The van der Waals surface area contributed by atoms with Gasteiger partial charge in [0, 0.05) is 0 Å². The standard InChI is InChI=1S/C10H15F3O5S/c11-10(12,13)19(16,17)18-8(9(14)15)6-7-4-2-1-3-5-7/h7-8H,1-6H2,(H,14,15). The molecule has 1 aliphatic rings. The van der Waals surface area contributed by atoms with E-state index in [0.717, 1.165) is 19.3 Å². The van der Waals surface area contributed by atoms with Crippen molar-refractivity contribution in [2.75, 3.05) is 0 Å². The lowest BCUT2D eigenvalue weighted by Crippen LogP contribution is -2.35. The Morgan fingerprint density at radius 3 is 2.21 bits per heavy atom. The Hall–Kier alpha value is -0.830. The van der Waals surface area contributed by atoms with E-state index in [4.69, 9.17) is 5.11 Å². The highest BCUT2D eigenvalue weighted by atomic mass is 32.2. The van der Waals surface area contributed by atoms with Crippen LogP contribution in [0.15, 0.2) is 0 Å². The van der Waals surface area contributed by atoms with E-state index in [1.54, 1.807) is 0 Å². The number of hydrogen-bond donors (Lipinski definition) is 1. The third-order valence-electron chi connectivity index (χ3n) is 3.07. The summed E-state index contributed by atoms with van der Waals surface area (Å²) in [4.78, 5) is 10.8. The fourth-order valence-corrected chi connectivity index (χ4v) is 2.69. The number of halogens is 3. The molecule has 0 amide bonds. The van der Waals surface area contributed by atoms with E-state index < -0.39 is 27.7 Å². The second-order valence-electron chi connectivity index (χ2n) is 4.56. The Bertz CT molecular complexity index is 411. The quantitative estimate of drug-likeness (QED) is 0.622. The maximum absolute atomic E-state index is 12.1. The number of aliphatic carboxylic acids is 1. The SMILES string of the molecule is O=C(O)C(CC1CCCCC1)OS(=O)(=O)C(F)(F)F. The van der Waals surface area contributed by atoms with Gasteiger partial charge < -0.3 is 5.11 Å². The minimum Gasteiger partial charge on any atom is -0.479 e. The fourth-order valence-electron chi connectivity index (χ4n) is 2.11. The van der Waals surface area contributed by atoms with Crippen LogP contribution in [0.1, 0.15) is 38.5 Å². The topological polar surface area (TPSA) is 80.7 Å². The van der Waals surface area contributed by atoms with Gasteiger partial charge in [0.15, 0.2) is 6.10 Å². The Labute approximate surface area is 108 Å². The molecule has 1 atom stereocenters. The summed E-state index contributed by atoms with van der Waals surface area (Å²) in [6.07, 6.45) is 1.89. The summed E-state index contributed by atoms with van der Waals surface area (Å²) >= 11 is 0. The summed E-state index contributed by atoms with van der Waals surface area (Å²) in [5.41, 5.74) is -5.60. The maximum Gasteiger partial charge on any atom is 0.523 e. The third-order valence-corrected chi connectivity index (χ3v) is 4.13. The van der Waals surface area contributed by atoms with Crippen LogP contribution in [0.2, 0.25) is 0 Å². The van der Waals surface area contributed by atoms with Crippen LogP contribution in [-0.2, 0) is 19.1 Å². The summed E-state index contributed by atoms with van der Waals surface area (Å²) in [7, 11) is -5.87. The molecule has 0 heterocycles. The summed E-state index contributed by atoms with van der Waals surface area (Å²) in [6, 6.07) is 0. The number of carbonyl (C=O) groups is 1. The molecule has 112 valence electrons. The second-order valence-corrected chi connectivity index (χ2v) is 6.13. The third kappa shape index (κ3) is 4.64. The van der Waals surface area contributed by atoms with Gasteiger partial charge in [-0.25, -0.2) is 8.98 Å². The highest BCUT2D eigenvalue weighted by Gasteiger charge is 2.49. The molecule has 0 aliphatic heterocycles. The highest BCUT2D eigenvalue weighted by molar-refractivity contribution is 7.87. The molecular weight excluding hydrogens is 289 g/mol. The fraction of sp³-hybridized carbons (Fsp3) is 0.900. The number of carboxylic acid groups (broad SMARTS) is 1. The Morgan fingerprint density at radius 1 is 1.26 bits per heavy atom. The van der Waals surface area contributed by atoms with E-state index in [-0.39, 0.29) is 12.3 Å². The predicted octanol–water partition coefficient (Wildman–Crippen LogP) is 2.28. The van der Waals surface area contributed by atoms with E-state index in [0.29, 0.717) is 12.8 Å². The summed E-state index contributed by atoms with van der Waals surface area (Å²) < 4.78 is 61.8. The van der Waals surface area contributed by atoms with Crippen molar-refractivity contribution in [2.24, 2.45) is 5.92 Å². The van der Waals surface area contributed by atoms with Gasteiger partial charge in [0.1, 0.15) is 0 Å². The Balaban J connectivity index is 2.71. The van der Waals surface area contributed by atoms with Crippen molar-refractivity contribution in [3.8, 4) is 0 Å². The molecule has 0 saturated heterocycles. The zero-order chi connectivity index (χ0) is 14.7. The van der Waals surface area contributed by atoms with Crippen LogP contribution in [0.25, 0.3) is 0 Å². The van der Waals surface area contributed by atoms with Gasteiger partial charge in [-0.3, -0.25) is 0 Å². The average molecular weight is 304 g/mol. The zero-order valence-corrected chi connectivity index (χ0v) is 10.8. The van der Waals surface area contributed by atoms with Gasteiger partial charge in [0.05, 0.1) is 0 Å². The zero-order valence-electron chi connectivity index (χ0n) is 10.0. The second kappa shape index (κ2) is 6.08. The molecule has 0 radical (unpaired) electrons. The molecule has 1 fully saturated rings. The van der Waals surface area contributed by atoms with Crippen LogP contribution in [0.3, 0.4) is 0 Å². The van der Waals surface area contributed by atoms with Crippen LogP contribution < -0.4 is 0 Å². The normalized spacial score (nSPS) is 20.2. The van der Waals surface area contributed by atoms with Crippen molar-refractivity contribution in [3.05, 3.63) is 0 Å². The number of hydrogen-bond acceptors (Lipinski definition) is 4. The molecule has 0 aromatic carbocycles. The Kier molecular flexibility index (Phi) is 5.19. The molecule has 1 rings (SSSR count). The largest absolute Gasteiger partial charge is 0.523 e. The van der Waals surface area contributed by atoms with E-state index in [2.05, 4.69) is 4.18 Å². The molecule has 0 spiro atoms. The molecule has 1 unspecified atom stereocenters. The van der Waals surface area contributed by atoms with Gasteiger partial charge in [-0.15, -0.1) is 0 Å². The van der Waals surface area contributed by atoms with Gasteiger partial charge in [0.2, 0.25) is 0 Å². The van der Waals surface area contributed by atoms with E-state index in [1.807, 2.05) is 0 Å². The van der Waals surface area contributed by atoms with Crippen LogP contribution in [0, 0.1) is 5.92 Å².